The average molecular weight is 475 g/mol. The Hall–Kier alpha value is -4.28. The van der Waals surface area contributed by atoms with Gasteiger partial charge in [-0.25, -0.2) is 17.6 Å². The Balaban J connectivity index is 1.38. The minimum Gasteiger partial charge on any atom is -0.493 e. The number of para-hydroxylation sites is 2. The minimum absolute atomic E-state index is 0.0101. The van der Waals surface area contributed by atoms with E-state index >= 15 is 0 Å². The lowest BCUT2D eigenvalue weighted by Crippen LogP contribution is -2.11. The molecule has 0 radical (unpaired) electrons. The molecule has 0 fully saturated rings. The Kier molecular flexibility index (Phi) is 6.53. The molecule has 0 bridgehead atoms. The number of carbonyl (C=O) groups excluding carboxylic acids is 1. The molecule has 0 spiro atoms. The van der Waals surface area contributed by atoms with Crippen molar-refractivity contribution in [1.29, 1.82) is 0 Å². The number of rotatable bonds is 8. The van der Waals surface area contributed by atoms with Crippen LogP contribution in [0.2, 0.25) is 0 Å². The first kappa shape index (κ1) is 22.9. The predicted octanol–water partition coefficient (Wildman–Crippen LogP) is 4.92. The minimum atomic E-state index is -1.78. The van der Waals surface area contributed by atoms with Crippen molar-refractivity contribution in [3.8, 4) is 11.5 Å². The number of benzene rings is 2. The zero-order chi connectivity index (χ0) is 24.2. The van der Waals surface area contributed by atoms with E-state index in [0.29, 0.717) is 17.3 Å². The van der Waals surface area contributed by atoms with Crippen molar-refractivity contribution >= 4 is 11.6 Å². The lowest BCUT2D eigenvalue weighted by atomic mass is 10.2. The molecule has 2 aromatic carbocycles. The van der Waals surface area contributed by atoms with Crippen molar-refractivity contribution in [3.63, 3.8) is 0 Å². The number of furan rings is 1. The number of nitrogens with one attached hydrogen (secondary N) is 1. The molecular weight excluding hydrogens is 458 g/mol. The summed E-state index contributed by atoms with van der Waals surface area (Å²) in [5, 5.41) is 6.39. The molecule has 1 N–H and O–H groups in total. The van der Waals surface area contributed by atoms with Crippen LogP contribution in [0.1, 0.15) is 21.9 Å². The molecule has 0 saturated carbocycles. The number of ether oxygens (including phenoxy) is 2. The maximum absolute atomic E-state index is 13.9. The third kappa shape index (κ3) is 4.87. The maximum Gasteiger partial charge on any atom is 0.291 e. The molecule has 0 aliphatic carbocycles. The molecule has 1 amide bonds. The summed E-state index contributed by atoms with van der Waals surface area (Å²) < 4.78 is 71.6. The summed E-state index contributed by atoms with van der Waals surface area (Å²) in [6.45, 7) is -0.465. The van der Waals surface area contributed by atoms with Crippen molar-refractivity contribution < 1.29 is 36.2 Å². The van der Waals surface area contributed by atoms with E-state index < -0.39 is 41.3 Å². The average Bonchev–Trinajstić information content (AvgIpc) is 3.49. The second kappa shape index (κ2) is 9.69. The lowest BCUT2D eigenvalue weighted by Gasteiger charge is -2.08. The largest absolute Gasteiger partial charge is 0.493 e. The number of anilines is 1. The van der Waals surface area contributed by atoms with E-state index in [0.717, 1.165) is 4.68 Å². The summed E-state index contributed by atoms with van der Waals surface area (Å²) in [4.78, 5) is 12.4. The van der Waals surface area contributed by atoms with Crippen LogP contribution in [-0.4, -0.2) is 22.8 Å². The Labute approximate surface area is 190 Å². The molecule has 4 aromatic rings. The summed E-state index contributed by atoms with van der Waals surface area (Å²) >= 11 is 0. The Bertz CT molecular complexity index is 1340. The van der Waals surface area contributed by atoms with Crippen molar-refractivity contribution in [2.75, 3.05) is 12.4 Å². The number of aromatic nitrogens is 2. The van der Waals surface area contributed by atoms with E-state index in [1.54, 1.807) is 30.3 Å². The van der Waals surface area contributed by atoms with Crippen LogP contribution in [-0.2, 0) is 13.2 Å². The van der Waals surface area contributed by atoms with Crippen LogP contribution < -0.4 is 14.8 Å². The molecular formula is C23H17F4N3O4. The predicted molar refractivity (Wildman–Crippen MR) is 112 cm³/mol. The quantitative estimate of drug-likeness (QED) is 0.222. The van der Waals surface area contributed by atoms with Gasteiger partial charge in [-0.1, -0.05) is 12.1 Å². The number of carbonyl (C=O) groups is 1. The van der Waals surface area contributed by atoms with E-state index in [-0.39, 0.29) is 24.1 Å². The summed E-state index contributed by atoms with van der Waals surface area (Å²) in [7, 11) is 1.52. The maximum atomic E-state index is 13.9. The zero-order valence-corrected chi connectivity index (χ0v) is 17.6. The molecule has 176 valence electrons. The normalized spacial score (nSPS) is 10.9. The van der Waals surface area contributed by atoms with Gasteiger partial charge in [-0.2, -0.15) is 5.10 Å². The topological polar surface area (TPSA) is 78.5 Å². The standard InChI is InChI=1S/C23H17F4N3O4/c1-32-18-4-2-3-5-19(18)33-12-14-6-7-20(34-14)23(31)29-13-9-28-30(10-13)11-15-16(24)8-17(25)22(27)21(15)26/h2-10H,11-12H2,1H3,(H,29,31). The van der Waals surface area contributed by atoms with E-state index in [2.05, 4.69) is 10.4 Å². The van der Waals surface area contributed by atoms with Gasteiger partial charge in [-0.3, -0.25) is 9.48 Å². The lowest BCUT2D eigenvalue weighted by molar-refractivity contribution is 0.0992. The Morgan fingerprint density at radius 1 is 1.06 bits per heavy atom. The number of nitrogens with zero attached hydrogens (tertiary/aromatic N) is 2. The summed E-state index contributed by atoms with van der Waals surface area (Å²) in [6, 6.07) is 10.3. The second-order valence-electron chi connectivity index (χ2n) is 7.03. The van der Waals surface area contributed by atoms with Gasteiger partial charge in [-0.15, -0.1) is 0 Å². The highest BCUT2D eigenvalue weighted by Gasteiger charge is 2.20. The molecule has 0 aliphatic rings. The van der Waals surface area contributed by atoms with Crippen molar-refractivity contribution in [2.45, 2.75) is 13.2 Å². The van der Waals surface area contributed by atoms with Gasteiger partial charge >= 0.3 is 0 Å². The number of halogens is 4. The SMILES string of the molecule is COc1ccccc1OCc1ccc(C(=O)Nc2cnn(Cc3c(F)cc(F)c(F)c3F)c2)o1. The monoisotopic (exact) mass is 475 g/mol. The molecule has 4 rings (SSSR count). The first-order valence-electron chi connectivity index (χ1n) is 9.86. The first-order valence-corrected chi connectivity index (χ1v) is 9.86. The van der Waals surface area contributed by atoms with Gasteiger partial charge in [0.15, 0.2) is 34.7 Å². The van der Waals surface area contributed by atoms with Gasteiger partial charge < -0.3 is 19.2 Å². The fourth-order valence-electron chi connectivity index (χ4n) is 3.08. The fourth-order valence-corrected chi connectivity index (χ4v) is 3.08. The van der Waals surface area contributed by atoms with Crippen molar-refractivity contribution in [2.24, 2.45) is 0 Å². The van der Waals surface area contributed by atoms with Gasteiger partial charge in [-0.05, 0) is 24.3 Å². The molecule has 0 aliphatic heterocycles. The molecule has 0 atom stereocenters. The zero-order valence-electron chi connectivity index (χ0n) is 17.6. The smallest absolute Gasteiger partial charge is 0.291 e. The summed E-state index contributed by atoms with van der Waals surface area (Å²) in [5.74, 6) is -5.47. The van der Waals surface area contributed by atoms with Gasteiger partial charge in [0.2, 0.25) is 0 Å². The number of methoxy groups -OCH3 is 1. The summed E-state index contributed by atoms with van der Waals surface area (Å²) in [6.07, 6.45) is 2.49. The van der Waals surface area contributed by atoms with Gasteiger partial charge in [0.25, 0.3) is 5.91 Å². The number of hydrogen-bond acceptors (Lipinski definition) is 5. The first-order chi connectivity index (χ1) is 16.4. The molecule has 7 nitrogen and oxygen atoms in total. The second-order valence-corrected chi connectivity index (χ2v) is 7.03. The van der Waals surface area contributed by atoms with Crippen LogP contribution in [0.5, 0.6) is 11.5 Å². The Morgan fingerprint density at radius 3 is 2.59 bits per heavy atom. The van der Waals surface area contributed by atoms with Crippen molar-refractivity contribution in [1.82, 2.24) is 9.78 Å². The highest BCUT2D eigenvalue weighted by molar-refractivity contribution is 6.02. The third-order valence-corrected chi connectivity index (χ3v) is 4.74. The molecule has 0 unspecified atom stereocenters. The highest BCUT2D eigenvalue weighted by atomic mass is 19.2. The molecule has 11 heteroatoms. The van der Waals surface area contributed by atoms with Crippen LogP contribution in [0.4, 0.5) is 23.2 Å². The highest BCUT2D eigenvalue weighted by Crippen LogP contribution is 2.27. The van der Waals surface area contributed by atoms with Gasteiger partial charge in [0.05, 0.1) is 25.5 Å². The molecule has 0 saturated heterocycles. The molecule has 2 aromatic heterocycles. The molecule has 34 heavy (non-hydrogen) atoms. The van der Waals surface area contributed by atoms with E-state index in [1.807, 2.05) is 0 Å². The van der Waals surface area contributed by atoms with Gasteiger partial charge in [0.1, 0.15) is 18.2 Å². The van der Waals surface area contributed by atoms with E-state index in [9.17, 15) is 22.4 Å². The third-order valence-electron chi connectivity index (χ3n) is 4.74. The van der Waals surface area contributed by atoms with Crippen LogP contribution in [0, 0.1) is 23.3 Å². The Morgan fingerprint density at radius 2 is 1.82 bits per heavy atom. The number of hydrogen-bond donors (Lipinski definition) is 1. The number of amides is 1. The van der Waals surface area contributed by atoms with Crippen molar-refractivity contribution in [3.05, 3.63) is 95.2 Å². The summed E-state index contributed by atoms with van der Waals surface area (Å²) in [5.41, 5.74) is -0.512. The van der Waals surface area contributed by atoms with Crippen LogP contribution in [0.3, 0.4) is 0 Å². The fraction of sp³-hybridized carbons (Fsp3) is 0.130. The van der Waals surface area contributed by atoms with Gasteiger partial charge in [0, 0.05) is 17.8 Å². The van der Waals surface area contributed by atoms with Crippen LogP contribution in [0.25, 0.3) is 0 Å². The van der Waals surface area contributed by atoms with Crippen LogP contribution in [0.15, 0.2) is 59.3 Å². The van der Waals surface area contributed by atoms with Crippen LogP contribution >= 0.6 is 0 Å². The van der Waals surface area contributed by atoms with E-state index in [4.69, 9.17) is 13.9 Å². The molecule has 2 heterocycles. The van der Waals surface area contributed by atoms with E-state index in [1.165, 1.54) is 25.6 Å².